The van der Waals surface area contributed by atoms with Crippen LogP contribution in [0.2, 0.25) is 0 Å². The molecule has 2 aliphatic rings. The molecule has 0 aliphatic carbocycles. The highest BCUT2D eigenvalue weighted by atomic mass is 79.9. The van der Waals surface area contributed by atoms with Crippen molar-refractivity contribution in [2.24, 2.45) is 0 Å². The van der Waals surface area contributed by atoms with E-state index in [0.717, 1.165) is 6.42 Å². The molecular weight excluding hydrogens is 384 g/mol. The average molecular weight is 397 g/mol. The first-order valence-electron chi connectivity index (χ1n) is 7.22. The van der Waals surface area contributed by atoms with Crippen LogP contribution in [0.25, 0.3) is 0 Å². The summed E-state index contributed by atoms with van der Waals surface area (Å²) in [4.78, 5) is 12.2. The predicted molar refractivity (Wildman–Crippen MR) is 75.3 cm³/mol. The Kier molecular flexibility index (Phi) is 4.64. The molecule has 2 bridgehead atoms. The molecule has 0 amide bonds. The number of esters is 1. The van der Waals surface area contributed by atoms with E-state index in [1.165, 1.54) is 0 Å². The van der Waals surface area contributed by atoms with Crippen molar-refractivity contribution in [1.29, 1.82) is 0 Å². The van der Waals surface area contributed by atoms with Crippen LogP contribution < -0.4 is 0 Å². The molecule has 0 saturated carbocycles. The summed E-state index contributed by atoms with van der Waals surface area (Å²) in [5, 5.41) is 0. The molecular formula is C15H13BrF4O3. The lowest BCUT2D eigenvalue weighted by Gasteiger charge is -2.42. The van der Waals surface area contributed by atoms with E-state index in [-0.39, 0.29) is 17.0 Å². The number of fused-ring (bicyclic) bond motifs is 2. The van der Waals surface area contributed by atoms with Crippen LogP contribution in [-0.2, 0) is 9.47 Å². The first-order chi connectivity index (χ1) is 10.9. The van der Waals surface area contributed by atoms with Crippen LogP contribution in [-0.4, -0.2) is 29.1 Å². The zero-order valence-electron chi connectivity index (χ0n) is 11.8. The largest absolute Gasteiger partial charge is 0.456 e. The summed E-state index contributed by atoms with van der Waals surface area (Å²) in [5.74, 6) is -8.62. The van der Waals surface area contributed by atoms with Crippen molar-refractivity contribution in [2.75, 3.05) is 0 Å². The molecule has 0 spiro atoms. The van der Waals surface area contributed by atoms with Gasteiger partial charge in [0.1, 0.15) is 11.7 Å². The predicted octanol–water partition coefficient (Wildman–Crippen LogP) is 3.87. The maximum atomic E-state index is 13.6. The summed E-state index contributed by atoms with van der Waals surface area (Å²) in [6.45, 7) is 0. The monoisotopic (exact) mass is 396 g/mol. The molecule has 3 nitrogen and oxygen atoms in total. The first kappa shape index (κ1) is 16.7. The molecule has 126 valence electrons. The van der Waals surface area contributed by atoms with Crippen LogP contribution in [0.1, 0.15) is 36.0 Å². The summed E-state index contributed by atoms with van der Waals surface area (Å²) in [5.41, 5.74) is -0.960. The number of alkyl halides is 1. The van der Waals surface area contributed by atoms with E-state index in [4.69, 9.17) is 9.47 Å². The van der Waals surface area contributed by atoms with E-state index in [1.54, 1.807) is 0 Å². The van der Waals surface area contributed by atoms with Crippen molar-refractivity contribution in [2.45, 2.75) is 48.8 Å². The molecule has 8 heteroatoms. The second-order valence-electron chi connectivity index (χ2n) is 5.68. The second kappa shape index (κ2) is 6.39. The van der Waals surface area contributed by atoms with E-state index >= 15 is 0 Å². The van der Waals surface area contributed by atoms with E-state index in [9.17, 15) is 22.4 Å². The topological polar surface area (TPSA) is 35.5 Å². The minimum Gasteiger partial charge on any atom is -0.456 e. The van der Waals surface area contributed by atoms with Gasteiger partial charge < -0.3 is 9.47 Å². The lowest BCUT2D eigenvalue weighted by molar-refractivity contribution is -0.141. The van der Waals surface area contributed by atoms with Crippen LogP contribution in [0.5, 0.6) is 0 Å². The standard InChI is InChI=1S/C15H13BrF4O3/c16-7-1-2-10-11(4-3-9(7)22-10)23-15(21)6-5-8(17)13(19)14(20)12(6)18/h5,7,9-11H,1-4H2/t7-,9-,10-,11-/m1/s1. The van der Waals surface area contributed by atoms with Gasteiger partial charge in [0.2, 0.25) is 0 Å². The third kappa shape index (κ3) is 3.10. The van der Waals surface area contributed by atoms with Crippen LogP contribution >= 0.6 is 15.9 Å². The highest BCUT2D eigenvalue weighted by molar-refractivity contribution is 9.09. The number of carbonyl (C=O) groups excluding carboxylic acids is 1. The first-order valence-corrected chi connectivity index (χ1v) is 8.13. The van der Waals surface area contributed by atoms with Crippen molar-refractivity contribution in [3.05, 3.63) is 34.9 Å². The minimum absolute atomic E-state index is 0.0288. The number of rotatable bonds is 2. The quantitative estimate of drug-likeness (QED) is 0.250. The SMILES string of the molecule is O=C(O[C@@H]1CC[C@H]2O[C@@H]1CC[C@H]2Br)c1cc(F)c(F)c(F)c1F. The molecule has 3 rings (SSSR count). The van der Waals surface area contributed by atoms with Crippen LogP contribution in [0, 0.1) is 23.3 Å². The molecule has 2 saturated heterocycles. The highest BCUT2D eigenvalue weighted by Crippen LogP contribution is 2.36. The molecule has 2 aliphatic heterocycles. The molecule has 0 radical (unpaired) electrons. The third-order valence-electron chi connectivity index (χ3n) is 4.21. The van der Waals surface area contributed by atoms with Gasteiger partial charge >= 0.3 is 5.97 Å². The fourth-order valence-electron chi connectivity index (χ4n) is 2.98. The van der Waals surface area contributed by atoms with Gasteiger partial charge in [-0.1, -0.05) is 15.9 Å². The molecule has 0 aromatic heterocycles. The van der Waals surface area contributed by atoms with Crippen LogP contribution in [0.4, 0.5) is 17.6 Å². The minimum atomic E-state index is -2.03. The van der Waals surface area contributed by atoms with Gasteiger partial charge in [-0.25, -0.2) is 22.4 Å². The van der Waals surface area contributed by atoms with Crippen molar-refractivity contribution in [1.82, 2.24) is 0 Å². The second-order valence-corrected chi connectivity index (χ2v) is 6.85. The number of carbonyl (C=O) groups is 1. The molecule has 2 fully saturated rings. The number of halogens is 5. The lowest BCUT2D eigenvalue weighted by atomic mass is 9.89. The summed E-state index contributed by atoms with van der Waals surface area (Å²) in [6, 6.07) is 0.304. The van der Waals surface area contributed by atoms with Gasteiger partial charge in [0, 0.05) is 4.83 Å². The number of hydrogen-bond donors (Lipinski definition) is 0. The van der Waals surface area contributed by atoms with Crippen molar-refractivity contribution >= 4 is 21.9 Å². The Hall–Kier alpha value is -1.15. The van der Waals surface area contributed by atoms with Crippen molar-refractivity contribution in [3.8, 4) is 0 Å². The van der Waals surface area contributed by atoms with E-state index in [2.05, 4.69) is 15.9 Å². The molecule has 1 aromatic carbocycles. The van der Waals surface area contributed by atoms with Gasteiger partial charge in [0.15, 0.2) is 23.3 Å². The van der Waals surface area contributed by atoms with Crippen molar-refractivity contribution in [3.63, 3.8) is 0 Å². The molecule has 0 unspecified atom stereocenters. The van der Waals surface area contributed by atoms with E-state index in [1.807, 2.05) is 0 Å². The summed E-state index contributed by atoms with van der Waals surface area (Å²) in [7, 11) is 0. The molecule has 0 N–H and O–H groups in total. The zero-order chi connectivity index (χ0) is 16.7. The Balaban J connectivity index is 1.75. The average Bonchev–Trinajstić information content (AvgIpc) is 2.54. The van der Waals surface area contributed by atoms with Gasteiger partial charge in [0.05, 0.1) is 12.2 Å². The fraction of sp³-hybridized carbons (Fsp3) is 0.533. The number of ether oxygens (including phenoxy) is 2. The lowest BCUT2D eigenvalue weighted by Crippen LogP contribution is -2.48. The van der Waals surface area contributed by atoms with Crippen LogP contribution in [0.3, 0.4) is 0 Å². The normalized spacial score (nSPS) is 30.1. The molecule has 4 atom stereocenters. The van der Waals surface area contributed by atoms with Gasteiger partial charge in [-0.2, -0.15) is 0 Å². The third-order valence-corrected chi connectivity index (χ3v) is 5.26. The summed E-state index contributed by atoms with van der Waals surface area (Å²) in [6.07, 6.45) is 1.74. The maximum Gasteiger partial charge on any atom is 0.341 e. The Morgan fingerprint density at radius 1 is 1.04 bits per heavy atom. The number of benzene rings is 1. The Morgan fingerprint density at radius 3 is 2.48 bits per heavy atom. The molecule has 2 heterocycles. The summed E-state index contributed by atoms with van der Waals surface area (Å²) < 4.78 is 63.9. The Bertz CT molecular complexity index is 640. The highest BCUT2D eigenvalue weighted by Gasteiger charge is 2.40. The maximum absolute atomic E-state index is 13.6. The fourth-order valence-corrected chi connectivity index (χ4v) is 3.63. The Morgan fingerprint density at radius 2 is 1.74 bits per heavy atom. The van der Waals surface area contributed by atoms with Crippen LogP contribution in [0.15, 0.2) is 6.07 Å². The van der Waals surface area contributed by atoms with E-state index in [0.29, 0.717) is 25.3 Å². The van der Waals surface area contributed by atoms with Gasteiger partial charge in [0.25, 0.3) is 0 Å². The zero-order valence-corrected chi connectivity index (χ0v) is 13.4. The Labute approximate surface area is 138 Å². The summed E-state index contributed by atoms with van der Waals surface area (Å²) >= 11 is 3.51. The van der Waals surface area contributed by atoms with Crippen molar-refractivity contribution < 1.29 is 31.8 Å². The molecule has 23 heavy (non-hydrogen) atoms. The molecule has 1 aromatic rings. The number of hydrogen-bond acceptors (Lipinski definition) is 3. The van der Waals surface area contributed by atoms with Gasteiger partial charge in [-0.05, 0) is 31.7 Å². The van der Waals surface area contributed by atoms with Gasteiger partial charge in [-0.15, -0.1) is 0 Å². The van der Waals surface area contributed by atoms with Gasteiger partial charge in [-0.3, -0.25) is 0 Å². The van der Waals surface area contributed by atoms with E-state index < -0.39 is 40.9 Å². The smallest absolute Gasteiger partial charge is 0.341 e.